The molecule has 1 aliphatic heterocycles. The average Bonchev–Trinajstić information content (AvgIpc) is 3.16. The Bertz CT molecular complexity index is 833. The molecule has 0 saturated carbocycles. The highest BCUT2D eigenvalue weighted by Gasteiger charge is 2.33. The molecule has 0 bridgehead atoms. The van der Waals surface area contributed by atoms with Crippen LogP contribution in [0.3, 0.4) is 0 Å². The van der Waals surface area contributed by atoms with Crippen LogP contribution in [0.2, 0.25) is 0 Å². The molecule has 0 unspecified atom stereocenters. The van der Waals surface area contributed by atoms with Gasteiger partial charge in [-0.15, -0.1) is 0 Å². The van der Waals surface area contributed by atoms with E-state index in [1.54, 1.807) is 23.1 Å². The zero-order valence-electron chi connectivity index (χ0n) is 15.4. The second-order valence-electron chi connectivity index (χ2n) is 6.31. The van der Waals surface area contributed by atoms with Crippen LogP contribution in [0, 0.1) is 0 Å². The van der Waals surface area contributed by atoms with Crippen molar-refractivity contribution in [3.8, 4) is 11.5 Å². The lowest BCUT2D eigenvalue weighted by Gasteiger charge is -2.32. The Kier molecular flexibility index (Phi) is 5.97. The molecule has 1 aromatic carbocycles. The molecule has 1 aliphatic rings. The van der Waals surface area contributed by atoms with Crippen LogP contribution in [0.25, 0.3) is 0 Å². The first-order valence-electron chi connectivity index (χ1n) is 8.62. The minimum atomic E-state index is -4.38. The number of hydrogen-bond acceptors (Lipinski definition) is 6. The lowest BCUT2D eigenvalue weighted by atomic mass is 10.0. The molecule has 1 aromatic heterocycles. The van der Waals surface area contributed by atoms with Crippen LogP contribution >= 0.6 is 11.3 Å². The third kappa shape index (κ3) is 4.49. The third-order valence-corrected chi connectivity index (χ3v) is 5.50. The van der Waals surface area contributed by atoms with Crippen molar-refractivity contribution in [2.75, 3.05) is 32.6 Å². The van der Waals surface area contributed by atoms with Crippen molar-refractivity contribution in [1.29, 1.82) is 0 Å². The minimum absolute atomic E-state index is 0.0262. The molecule has 0 radical (unpaired) electrons. The Morgan fingerprint density at radius 3 is 2.46 bits per heavy atom. The van der Waals surface area contributed by atoms with Crippen molar-refractivity contribution in [3.63, 3.8) is 0 Å². The Hall–Kier alpha value is -2.49. The first-order valence-corrected chi connectivity index (χ1v) is 9.44. The van der Waals surface area contributed by atoms with Crippen LogP contribution in [0.15, 0.2) is 24.4 Å². The van der Waals surface area contributed by atoms with Gasteiger partial charge in [0.25, 0.3) is 5.91 Å². The number of carbonyl (C=O) groups excluding carboxylic acids is 1. The number of amides is 1. The number of aromatic nitrogens is 1. The van der Waals surface area contributed by atoms with Crippen LogP contribution in [0.5, 0.6) is 11.5 Å². The third-order valence-electron chi connectivity index (χ3n) is 4.53. The van der Waals surface area contributed by atoms with Crippen molar-refractivity contribution < 1.29 is 27.4 Å². The van der Waals surface area contributed by atoms with E-state index in [1.165, 1.54) is 14.2 Å². The molecular weight excluding hydrogens is 395 g/mol. The molecule has 0 atom stereocenters. The lowest BCUT2D eigenvalue weighted by Crippen LogP contribution is -2.42. The highest BCUT2D eigenvalue weighted by atomic mass is 32.1. The number of carbonyl (C=O) groups is 1. The number of hydrogen-bond donors (Lipinski definition) is 1. The maximum atomic E-state index is 12.7. The van der Waals surface area contributed by atoms with Crippen LogP contribution in [-0.4, -0.2) is 49.1 Å². The van der Waals surface area contributed by atoms with E-state index in [-0.39, 0.29) is 17.1 Å². The first-order chi connectivity index (χ1) is 13.3. The maximum absolute atomic E-state index is 12.7. The van der Waals surface area contributed by atoms with Crippen LogP contribution in [0.1, 0.15) is 28.1 Å². The van der Waals surface area contributed by atoms with E-state index in [0.717, 1.165) is 6.20 Å². The molecule has 2 heterocycles. The summed E-state index contributed by atoms with van der Waals surface area (Å²) < 4.78 is 48.4. The van der Waals surface area contributed by atoms with E-state index in [2.05, 4.69) is 10.3 Å². The normalized spacial score (nSPS) is 15.4. The van der Waals surface area contributed by atoms with E-state index in [1.807, 2.05) is 0 Å². The van der Waals surface area contributed by atoms with Gasteiger partial charge >= 0.3 is 6.18 Å². The zero-order chi connectivity index (χ0) is 20.3. The summed E-state index contributed by atoms with van der Waals surface area (Å²) >= 11 is 0.591. The molecule has 10 heteroatoms. The standard InChI is InChI=1S/C18H20F3N3O3S/c1-26-13-4-3-11(9-14(13)27-2)16(25)24-7-5-12(6-8-24)23-17-22-10-15(28-17)18(19,20)21/h3-4,9-10,12H,5-8H2,1-2H3,(H,22,23). The smallest absolute Gasteiger partial charge is 0.427 e. The van der Waals surface area contributed by atoms with Gasteiger partial charge < -0.3 is 19.7 Å². The van der Waals surface area contributed by atoms with Gasteiger partial charge in [-0.1, -0.05) is 11.3 Å². The van der Waals surface area contributed by atoms with Gasteiger partial charge in [-0.2, -0.15) is 13.2 Å². The first kappa shape index (κ1) is 20.2. The molecule has 1 N–H and O–H groups in total. The number of nitrogens with one attached hydrogen (secondary N) is 1. The molecule has 0 spiro atoms. The van der Waals surface area contributed by atoms with Gasteiger partial charge in [0.1, 0.15) is 4.88 Å². The summed E-state index contributed by atoms with van der Waals surface area (Å²) in [6, 6.07) is 4.98. The van der Waals surface area contributed by atoms with Gasteiger partial charge in [-0.05, 0) is 31.0 Å². The van der Waals surface area contributed by atoms with E-state index < -0.39 is 11.1 Å². The Morgan fingerprint density at radius 1 is 1.21 bits per heavy atom. The number of piperidine rings is 1. The van der Waals surface area contributed by atoms with E-state index in [9.17, 15) is 18.0 Å². The van der Waals surface area contributed by atoms with Gasteiger partial charge in [0.05, 0.1) is 20.4 Å². The summed E-state index contributed by atoms with van der Waals surface area (Å²) in [6.45, 7) is 1.00. The number of anilines is 1. The fourth-order valence-electron chi connectivity index (χ4n) is 3.03. The zero-order valence-corrected chi connectivity index (χ0v) is 16.2. The van der Waals surface area contributed by atoms with Gasteiger partial charge in [-0.25, -0.2) is 4.98 Å². The number of nitrogens with zero attached hydrogens (tertiary/aromatic N) is 2. The number of thiazole rings is 1. The molecule has 1 saturated heterocycles. The van der Waals surface area contributed by atoms with E-state index in [4.69, 9.17) is 9.47 Å². The Balaban J connectivity index is 1.58. The molecule has 3 rings (SSSR count). The van der Waals surface area contributed by atoms with Crippen LogP contribution in [0.4, 0.5) is 18.3 Å². The highest BCUT2D eigenvalue weighted by molar-refractivity contribution is 7.15. The summed E-state index contributed by atoms with van der Waals surface area (Å²) in [6.07, 6.45) is -2.30. The summed E-state index contributed by atoms with van der Waals surface area (Å²) in [5.41, 5.74) is 0.499. The quantitative estimate of drug-likeness (QED) is 0.803. The van der Waals surface area contributed by atoms with Gasteiger partial charge in [0.2, 0.25) is 0 Å². The van der Waals surface area contributed by atoms with E-state index in [0.29, 0.717) is 54.3 Å². The summed E-state index contributed by atoms with van der Waals surface area (Å²) in [5, 5.41) is 3.29. The van der Waals surface area contributed by atoms with Crippen molar-refractivity contribution in [3.05, 3.63) is 34.8 Å². The topological polar surface area (TPSA) is 63.7 Å². The lowest BCUT2D eigenvalue weighted by molar-refractivity contribution is -0.134. The number of ether oxygens (including phenoxy) is 2. The van der Waals surface area contributed by atoms with Crippen LogP contribution in [-0.2, 0) is 6.18 Å². The minimum Gasteiger partial charge on any atom is -0.493 e. The molecule has 152 valence electrons. The van der Waals surface area contributed by atoms with Gasteiger partial charge in [0, 0.05) is 24.7 Å². The second kappa shape index (κ2) is 8.26. The number of benzene rings is 1. The number of alkyl halides is 3. The van der Waals surface area contributed by atoms with E-state index >= 15 is 0 Å². The molecule has 0 aliphatic carbocycles. The number of rotatable bonds is 5. The predicted molar refractivity (Wildman–Crippen MR) is 99.2 cm³/mol. The van der Waals surface area contributed by atoms with Crippen molar-refractivity contribution >= 4 is 22.4 Å². The number of halogens is 3. The molecule has 1 fully saturated rings. The monoisotopic (exact) mass is 415 g/mol. The number of methoxy groups -OCH3 is 2. The fourth-order valence-corrected chi connectivity index (χ4v) is 3.79. The average molecular weight is 415 g/mol. The Morgan fingerprint density at radius 2 is 1.89 bits per heavy atom. The molecular formula is C18H20F3N3O3S. The van der Waals surface area contributed by atoms with Crippen molar-refractivity contribution in [2.24, 2.45) is 0 Å². The van der Waals surface area contributed by atoms with Crippen LogP contribution < -0.4 is 14.8 Å². The molecule has 1 amide bonds. The fraction of sp³-hybridized carbons (Fsp3) is 0.444. The molecule has 2 aromatic rings. The summed E-state index contributed by atoms with van der Waals surface area (Å²) in [5.74, 6) is 0.908. The second-order valence-corrected chi connectivity index (χ2v) is 7.34. The largest absolute Gasteiger partial charge is 0.493 e. The SMILES string of the molecule is COc1ccc(C(=O)N2CCC(Nc3ncc(C(F)(F)F)s3)CC2)cc1OC. The van der Waals surface area contributed by atoms with Gasteiger partial charge in [-0.3, -0.25) is 4.79 Å². The Labute approximate surface area is 164 Å². The summed E-state index contributed by atoms with van der Waals surface area (Å²) in [4.78, 5) is 17.5. The highest BCUT2D eigenvalue weighted by Crippen LogP contribution is 2.35. The predicted octanol–water partition coefficient (Wildman–Crippen LogP) is 3.90. The van der Waals surface area contributed by atoms with Crippen molar-refractivity contribution in [1.82, 2.24) is 9.88 Å². The van der Waals surface area contributed by atoms with Gasteiger partial charge in [0.15, 0.2) is 16.6 Å². The molecule has 28 heavy (non-hydrogen) atoms. The number of likely N-dealkylation sites (tertiary alicyclic amines) is 1. The summed E-state index contributed by atoms with van der Waals surface area (Å²) in [7, 11) is 3.03. The molecule has 6 nitrogen and oxygen atoms in total. The maximum Gasteiger partial charge on any atom is 0.427 e. The van der Waals surface area contributed by atoms with Crippen molar-refractivity contribution in [2.45, 2.75) is 25.1 Å².